The van der Waals surface area contributed by atoms with Gasteiger partial charge in [0.05, 0.1) is 0 Å². The summed E-state index contributed by atoms with van der Waals surface area (Å²) in [6.07, 6.45) is 0. The molecule has 3 nitrogen and oxygen atoms in total. The Morgan fingerprint density at radius 3 is 2.57 bits per heavy atom. The summed E-state index contributed by atoms with van der Waals surface area (Å²) in [5.41, 5.74) is 0. The fraction of sp³-hybridized carbons (Fsp3) is 1.00. The van der Waals surface area contributed by atoms with Crippen LogP contribution in [0.2, 0.25) is 0 Å². The quantitative estimate of drug-likeness (QED) is 0.487. The SMILES string of the molecule is O=S(O)NCCBr. The van der Waals surface area contributed by atoms with Gasteiger partial charge in [0.25, 0.3) is 0 Å². The van der Waals surface area contributed by atoms with E-state index >= 15 is 0 Å². The third kappa shape index (κ3) is 6.55. The van der Waals surface area contributed by atoms with Crippen LogP contribution in [0.25, 0.3) is 0 Å². The normalized spacial score (nSPS) is 14.0. The Hall–Kier alpha value is 0.550. The molecule has 0 aromatic carbocycles. The van der Waals surface area contributed by atoms with Crippen molar-refractivity contribution >= 4 is 27.2 Å². The largest absolute Gasteiger partial charge is 0.294 e. The first-order valence-electron chi connectivity index (χ1n) is 1.67. The predicted molar refractivity (Wildman–Crippen MR) is 32.6 cm³/mol. The van der Waals surface area contributed by atoms with Crippen LogP contribution in [0.3, 0.4) is 0 Å². The highest BCUT2D eigenvalue weighted by Gasteiger charge is 1.85. The molecule has 0 heterocycles. The molecular formula is C2H6BrNO2S. The fourth-order valence-electron chi connectivity index (χ4n) is 0.126. The number of hydrogen-bond acceptors (Lipinski definition) is 1. The zero-order chi connectivity index (χ0) is 5.70. The highest BCUT2D eigenvalue weighted by Crippen LogP contribution is 1.73. The minimum Gasteiger partial charge on any atom is -0.294 e. The lowest BCUT2D eigenvalue weighted by Crippen LogP contribution is -2.17. The van der Waals surface area contributed by atoms with E-state index in [1.54, 1.807) is 0 Å². The minimum absolute atomic E-state index is 0.517. The van der Waals surface area contributed by atoms with Crippen molar-refractivity contribution in [1.82, 2.24) is 4.72 Å². The van der Waals surface area contributed by atoms with Crippen LogP contribution in [0.5, 0.6) is 0 Å². The summed E-state index contributed by atoms with van der Waals surface area (Å²) in [5, 5.41) is 0.694. The first kappa shape index (κ1) is 7.55. The van der Waals surface area contributed by atoms with Gasteiger partial charge in [-0.3, -0.25) is 4.55 Å². The van der Waals surface area contributed by atoms with Gasteiger partial charge in [0.1, 0.15) is 0 Å². The second-order valence-electron chi connectivity index (χ2n) is 0.832. The van der Waals surface area contributed by atoms with Crippen LogP contribution in [-0.4, -0.2) is 20.6 Å². The van der Waals surface area contributed by atoms with Gasteiger partial charge < -0.3 is 0 Å². The molecule has 0 aromatic heterocycles. The van der Waals surface area contributed by atoms with E-state index in [4.69, 9.17) is 4.55 Å². The molecule has 0 rings (SSSR count). The molecule has 0 aliphatic heterocycles. The van der Waals surface area contributed by atoms with Gasteiger partial charge in [-0.25, -0.2) is 8.93 Å². The predicted octanol–water partition coefficient (Wildman–Crippen LogP) is 0.108. The minimum atomic E-state index is -1.85. The van der Waals surface area contributed by atoms with Crippen LogP contribution in [0.4, 0.5) is 0 Å². The van der Waals surface area contributed by atoms with Crippen LogP contribution in [0, 0.1) is 0 Å². The van der Waals surface area contributed by atoms with E-state index in [0.717, 1.165) is 0 Å². The van der Waals surface area contributed by atoms with Gasteiger partial charge in [-0.05, 0) is 0 Å². The lowest BCUT2D eigenvalue weighted by molar-refractivity contribution is 0.551. The van der Waals surface area contributed by atoms with Crippen LogP contribution in [0.15, 0.2) is 0 Å². The smallest absolute Gasteiger partial charge is 0.231 e. The average Bonchev–Trinajstić information content (AvgIpc) is 1.61. The van der Waals surface area contributed by atoms with E-state index in [1.165, 1.54) is 0 Å². The summed E-state index contributed by atoms with van der Waals surface area (Å²) in [5.74, 6) is 0. The van der Waals surface area contributed by atoms with Crippen molar-refractivity contribution in [3.05, 3.63) is 0 Å². The average molecular weight is 188 g/mol. The monoisotopic (exact) mass is 187 g/mol. The standard InChI is InChI=1S/C2H6BrNO2S/c3-1-2-4-7(5)6/h4H,1-2H2,(H,5,6). The maximum atomic E-state index is 9.74. The Morgan fingerprint density at radius 1 is 1.86 bits per heavy atom. The van der Waals surface area contributed by atoms with Gasteiger partial charge in [-0.15, -0.1) is 0 Å². The lowest BCUT2D eigenvalue weighted by Gasteiger charge is -1.89. The molecule has 5 heteroatoms. The second-order valence-corrected chi connectivity index (χ2v) is 2.41. The first-order valence-corrected chi connectivity index (χ1v) is 3.90. The van der Waals surface area contributed by atoms with E-state index in [9.17, 15) is 4.21 Å². The maximum Gasteiger partial charge on any atom is 0.231 e. The van der Waals surface area contributed by atoms with Crippen LogP contribution < -0.4 is 4.72 Å². The van der Waals surface area contributed by atoms with Crippen molar-refractivity contribution in [2.75, 3.05) is 11.9 Å². The van der Waals surface area contributed by atoms with Gasteiger partial charge in [0.15, 0.2) is 0 Å². The Morgan fingerprint density at radius 2 is 2.43 bits per heavy atom. The third-order valence-corrected chi connectivity index (χ3v) is 1.17. The van der Waals surface area contributed by atoms with Crippen LogP contribution in [0.1, 0.15) is 0 Å². The number of rotatable bonds is 3. The van der Waals surface area contributed by atoms with Gasteiger partial charge in [0.2, 0.25) is 11.3 Å². The zero-order valence-electron chi connectivity index (χ0n) is 3.56. The summed E-state index contributed by atoms with van der Waals surface area (Å²) < 4.78 is 20.0. The molecule has 0 bridgehead atoms. The molecule has 0 amide bonds. The molecule has 0 aliphatic rings. The van der Waals surface area contributed by atoms with Gasteiger partial charge in [-0.1, -0.05) is 15.9 Å². The highest BCUT2D eigenvalue weighted by atomic mass is 79.9. The fourth-order valence-corrected chi connectivity index (χ4v) is 0.863. The summed E-state index contributed by atoms with van der Waals surface area (Å²) in [6, 6.07) is 0. The van der Waals surface area contributed by atoms with E-state index in [1.807, 2.05) is 0 Å². The van der Waals surface area contributed by atoms with Gasteiger partial charge in [-0.2, -0.15) is 0 Å². The Balaban J connectivity index is 2.82. The molecule has 2 N–H and O–H groups in total. The molecule has 0 saturated heterocycles. The van der Waals surface area contributed by atoms with E-state index < -0.39 is 11.3 Å². The van der Waals surface area contributed by atoms with Crippen molar-refractivity contribution in [1.29, 1.82) is 0 Å². The van der Waals surface area contributed by atoms with Gasteiger partial charge in [0, 0.05) is 11.9 Å². The number of alkyl halides is 1. The van der Waals surface area contributed by atoms with Crippen LogP contribution >= 0.6 is 15.9 Å². The van der Waals surface area contributed by atoms with Gasteiger partial charge >= 0.3 is 0 Å². The molecule has 0 saturated carbocycles. The van der Waals surface area contributed by atoms with Crippen molar-refractivity contribution < 1.29 is 8.76 Å². The summed E-state index contributed by atoms with van der Waals surface area (Å²) in [7, 11) is 0. The first-order chi connectivity index (χ1) is 3.27. The molecule has 0 spiro atoms. The van der Waals surface area contributed by atoms with Crippen molar-refractivity contribution in [2.45, 2.75) is 0 Å². The molecule has 0 radical (unpaired) electrons. The van der Waals surface area contributed by atoms with E-state index in [2.05, 4.69) is 20.7 Å². The van der Waals surface area contributed by atoms with Crippen LogP contribution in [-0.2, 0) is 11.3 Å². The number of halogens is 1. The molecule has 0 aromatic rings. The summed E-state index contributed by atoms with van der Waals surface area (Å²) >= 11 is 1.22. The Bertz CT molecular complexity index is 68.7. The maximum absolute atomic E-state index is 9.74. The van der Waals surface area contributed by atoms with Crippen molar-refractivity contribution in [3.8, 4) is 0 Å². The molecular weight excluding hydrogens is 182 g/mol. The van der Waals surface area contributed by atoms with E-state index in [0.29, 0.717) is 11.9 Å². The topological polar surface area (TPSA) is 49.3 Å². The Kier molecular flexibility index (Phi) is 5.07. The molecule has 7 heavy (non-hydrogen) atoms. The number of nitrogens with one attached hydrogen (secondary N) is 1. The molecule has 1 atom stereocenters. The zero-order valence-corrected chi connectivity index (χ0v) is 5.96. The van der Waals surface area contributed by atoms with Crippen molar-refractivity contribution in [2.24, 2.45) is 0 Å². The highest BCUT2D eigenvalue weighted by molar-refractivity contribution is 9.09. The molecule has 1 unspecified atom stereocenters. The van der Waals surface area contributed by atoms with Crippen molar-refractivity contribution in [3.63, 3.8) is 0 Å². The molecule has 44 valence electrons. The number of hydrogen-bond donors (Lipinski definition) is 2. The third-order valence-electron chi connectivity index (χ3n) is 0.320. The Labute approximate surface area is 53.0 Å². The lowest BCUT2D eigenvalue weighted by atomic mass is 10.8. The molecule has 0 aliphatic carbocycles. The second kappa shape index (κ2) is 4.70. The summed E-state index contributed by atoms with van der Waals surface area (Å²) in [6.45, 7) is 0.517. The molecule has 0 fully saturated rings. The summed E-state index contributed by atoms with van der Waals surface area (Å²) in [4.78, 5) is 0. The van der Waals surface area contributed by atoms with E-state index in [-0.39, 0.29) is 0 Å².